The largest absolute Gasteiger partial charge is 0.373 e. The number of ether oxygens (including phenoxy) is 1. The van der Waals surface area contributed by atoms with Gasteiger partial charge in [-0.3, -0.25) is 0 Å². The molecule has 1 aromatic carbocycles. The predicted molar refractivity (Wildman–Crippen MR) is 119 cm³/mol. The standard InChI is InChI=1S/C21H35N5O3S/c1-4-22-20(24-17-21(2)10-7-15-29-21)23-16-18-8-5-6-9-19(18)30(27,28)26-13-11-25(3)12-14-26/h5-6,8-9H,4,7,10-17H2,1-3H3,(H2,22,23,24). The van der Waals surface area contributed by atoms with Crippen molar-refractivity contribution < 1.29 is 13.2 Å². The fourth-order valence-corrected chi connectivity index (χ4v) is 5.44. The van der Waals surface area contributed by atoms with Crippen molar-refractivity contribution in [1.82, 2.24) is 19.8 Å². The zero-order valence-corrected chi connectivity index (χ0v) is 19.2. The van der Waals surface area contributed by atoms with Crippen LogP contribution in [0.3, 0.4) is 0 Å². The zero-order valence-electron chi connectivity index (χ0n) is 18.4. The lowest BCUT2D eigenvalue weighted by Gasteiger charge is -2.32. The predicted octanol–water partition coefficient (Wildman–Crippen LogP) is 1.25. The molecular weight excluding hydrogens is 402 g/mol. The Bertz CT molecular complexity index is 829. The third-order valence-corrected chi connectivity index (χ3v) is 7.73. The van der Waals surface area contributed by atoms with Gasteiger partial charge in [0.2, 0.25) is 10.0 Å². The molecule has 0 bridgehead atoms. The van der Waals surface area contributed by atoms with Crippen molar-refractivity contribution in [2.75, 3.05) is 52.9 Å². The van der Waals surface area contributed by atoms with Crippen molar-refractivity contribution in [3.8, 4) is 0 Å². The summed E-state index contributed by atoms with van der Waals surface area (Å²) < 4.78 is 33.9. The van der Waals surface area contributed by atoms with Gasteiger partial charge in [-0.25, -0.2) is 13.4 Å². The van der Waals surface area contributed by atoms with E-state index in [-0.39, 0.29) is 12.1 Å². The summed E-state index contributed by atoms with van der Waals surface area (Å²) in [5, 5.41) is 6.59. The van der Waals surface area contributed by atoms with Crippen molar-refractivity contribution in [2.24, 2.45) is 4.99 Å². The highest BCUT2D eigenvalue weighted by Gasteiger charge is 2.30. The molecule has 0 aliphatic carbocycles. The maximum atomic E-state index is 13.2. The molecular formula is C21H35N5O3S. The summed E-state index contributed by atoms with van der Waals surface area (Å²) >= 11 is 0. The third kappa shape index (κ3) is 5.72. The zero-order chi connectivity index (χ0) is 21.6. The summed E-state index contributed by atoms with van der Waals surface area (Å²) in [6.07, 6.45) is 2.09. The first kappa shape index (κ1) is 23.0. The molecule has 2 fully saturated rings. The number of guanidine groups is 1. The summed E-state index contributed by atoms with van der Waals surface area (Å²) in [5.41, 5.74) is 0.524. The van der Waals surface area contributed by atoms with Crippen molar-refractivity contribution in [3.63, 3.8) is 0 Å². The molecule has 0 spiro atoms. The van der Waals surface area contributed by atoms with Crippen LogP contribution in [0.15, 0.2) is 34.2 Å². The summed E-state index contributed by atoms with van der Waals surface area (Å²) in [4.78, 5) is 7.15. The van der Waals surface area contributed by atoms with Crippen LogP contribution in [0.1, 0.15) is 32.3 Å². The maximum absolute atomic E-state index is 13.2. The van der Waals surface area contributed by atoms with Gasteiger partial charge in [0, 0.05) is 45.9 Å². The third-order valence-electron chi connectivity index (χ3n) is 5.73. The minimum Gasteiger partial charge on any atom is -0.373 e. The van der Waals surface area contributed by atoms with Crippen LogP contribution in [-0.4, -0.2) is 82.1 Å². The average Bonchev–Trinajstić information content (AvgIpc) is 3.17. The van der Waals surface area contributed by atoms with Crippen molar-refractivity contribution >= 4 is 16.0 Å². The number of benzene rings is 1. The molecule has 1 aromatic rings. The molecule has 0 radical (unpaired) electrons. The Morgan fingerprint density at radius 2 is 1.93 bits per heavy atom. The highest BCUT2D eigenvalue weighted by Crippen LogP contribution is 2.24. The lowest BCUT2D eigenvalue weighted by Crippen LogP contribution is -2.47. The van der Waals surface area contributed by atoms with E-state index in [1.807, 2.05) is 26.1 Å². The molecule has 1 atom stereocenters. The van der Waals surface area contributed by atoms with Gasteiger partial charge in [-0.2, -0.15) is 4.31 Å². The van der Waals surface area contributed by atoms with Gasteiger partial charge in [-0.15, -0.1) is 0 Å². The number of piperazine rings is 1. The molecule has 3 rings (SSSR count). The topological polar surface area (TPSA) is 86.3 Å². The molecule has 0 saturated carbocycles. The van der Waals surface area contributed by atoms with Crippen LogP contribution in [0.2, 0.25) is 0 Å². The van der Waals surface area contributed by atoms with E-state index in [2.05, 4.69) is 27.4 Å². The second kappa shape index (κ2) is 10.1. The summed E-state index contributed by atoms with van der Waals surface area (Å²) in [6.45, 7) is 9.11. The molecule has 168 valence electrons. The number of aliphatic imine (C=N–C) groups is 1. The van der Waals surface area contributed by atoms with E-state index in [1.54, 1.807) is 16.4 Å². The number of sulfonamides is 1. The first-order valence-corrected chi connectivity index (χ1v) is 12.2. The van der Waals surface area contributed by atoms with Crippen LogP contribution in [0.5, 0.6) is 0 Å². The van der Waals surface area contributed by atoms with Crippen LogP contribution in [-0.2, 0) is 21.3 Å². The lowest BCUT2D eigenvalue weighted by molar-refractivity contribution is 0.0243. The summed E-state index contributed by atoms with van der Waals surface area (Å²) in [5.74, 6) is 0.668. The summed E-state index contributed by atoms with van der Waals surface area (Å²) in [7, 11) is -1.52. The van der Waals surface area contributed by atoms with Crippen molar-refractivity contribution in [3.05, 3.63) is 29.8 Å². The molecule has 2 saturated heterocycles. The number of likely N-dealkylation sites (N-methyl/N-ethyl adjacent to an activating group) is 1. The Labute approximate surface area is 180 Å². The first-order chi connectivity index (χ1) is 14.3. The van der Waals surface area contributed by atoms with Gasteiger partial charge in [-0.1, -0.05) is 18.2 Å². The van der Waals surface area contributed by atoms with E-state index >= 15 is 0 Å². The van der Waals surface area contributed by atoms with Crippen molar-refractivity contribution in [1.29, 1.82) is 0 Å². The van der Waals surface area contributed by atoms with Gasteiger partial charge < -0.3 is 20.3 Å². The molecule has 1 unspecified atom stereocenters. The molecule has 30 heavy (non-hydrogen) atoms. The fourth-order valence-electron chi connectivity index (χ4n) is 3.81. The SMILES string of the molecule is CCNC(=NCc1ccccc1S(=O)(=O)N1CCN(C)CC1)NCC1(C)CCCO1. The number of hydrogen-bond acceptors (Lipinski definition) is 5. The lowest BCUT2D eigenvalue weighted by atomic mass is 10.0. The van der Waals surface area contributed by atoms with Gasteiger partial charge in [0.25, 0.3) is 0 Å². The smallest absolute Gasteiger partial charge is 0.243 e. The normalized spacial score (nSPS) is 24.2. The molecule has 9 heteroatoms. The number of nitrogens with one attached hydrogen (secondary N) is 2. The first-order valence-electron chi connectivity index (χ1n) is 10.8. The van der Waals surface area contributed by atoms with E-state index in [0.29, 0.717) is 36.1 Å². The van der Waals surface area contributed by atoms with Crippen LogP contribution < -0.4 is 10.6 Å². The summed E-state index contributed by atoms with van der Waals surface area (Å²) in [6, 6.07) is 7.17. The van der Waals surface area contributed by atoms with Crippen LogP contribution >= 0.6 is 0 Å². The molecule has 2 aliphatic heterocycles. The maximum Gasteiger partial charge on any atom is 0.243 e. The van der Waals surface area contributed by atoms with Gasteiger partial charge in [0.1, 0.15) is 0 Å². The van der Waals surface area contributed by atoms with Crippen molar-refractivity contribution in [2.45, 2.75) is 43.7 Å². The number of nitrogens with zero attached hydrogens (tertiary/aromatic N) is 3. The minimum absolute atomic E-state index is 0.182. The molecule has 2 N–H and O–H groups in total. The number of hydrogen-bond donors (Lipinski definition) is 2. The highest BCUT2D eigenvalue weighted by molar-refractivity contribution is 7.89. The molecule has 0 aromatic heterocycles. The second-order valence-corrected chi connectivity index (χ2v) is 10.2. The number of rotatable bonds is 7. The quantitative estimate of drug-likeness (QED) is 0.493. The Morgan fingerprint density at radius 1 is 1.20 bits per heavy atom. The molecule has 2 heterocycles. The Balaban J connectivity index is 1.73. The van der Waals surface area contributed by atoms with Gasteiger partial charge in [-0.05, 0) is 45.4 Å². The van der Waals surface area contributed by atoms with Gasteiger partial charge >= 0.3 is 0 Å². The second-order valence-electron chi connectivity index (χ2n) is 8.27. The van der Waals surface area contributed by atoms with Crippen LogP contribution in [0.4, 0.5) is 0 Å². The van der Waals surface area contributed by atoms with E-state index in [0.717, 1.165) is 39.1 Å². The monoisotopic (exact) mass is 437 g/mol. The minimum atomic E-state index is -3.53. The Kier molecular flexibility index (Phi) is 7.73. The average molecular weight is 438 g/mol. The van der Waals surface area contributed by atoms with Gasteiger partial charge in [0.05, 0.1) is 17.0 Å². The van der Waals surface area contributed by atoms with E-state index in [1.165, 1.54) is 0 Å². The van der Waals surface area contributed by atoms with Crippen LogP contribution in [0, 0.1) is 0 Å². The van der Waals surface area contributed by atoms with Crippen LogP contribution in [0.25, 0.3) is 0 Å². The molecule has 0 amide bonds. The van der Waals surface area contributed by atoms with Gasteiger partial charge in [0.15, 0.2) is 5.96 Å². The molecule has 2 aliphatic rings. The molecule has 8 nitrogen and oxygen atoms in total. The Morgan fingerprint density at radius 3 is 2.60 bits per heavy atom. The van der Waals surface area contributed by atoms with E-state index < -0.39 is 10.0 Å². The van der Waals surface area contributed by atoms with E-state index in [4.69, 9.17) is 4.74 Å². The van der Waals surface area contributed by atoms with E-state index in [9.17, 15) is 8.42 Å². The highest BCUT2D eigenvalue weighted by atomic mass is 32.2. The Hall–Kier alpha value is -1.68. The fraction of sp³-hybridized carbons (Fsp3) is 0.667.